The molecule has 3 heterocycles. The highest BCUT2D eigenvalue weighted by Crippen LogP contribution is 2.33. The van der Waals surface area contributed by atoms with Gasteiger partial charge in [-0.25, -0.2) is 18.6 Å². The average molecular weight is 675 g/mol. The van der Waals surface area contributed by atoms with E-state index in [0.29, 0.717) is 74.8 Å². The van der Waals surface area contributed by atoms with Crippen LogP contribution in [0.2, 0.25) is 0 Å². The van der Waals surface area contributed by atoms with Crippen LogP contribution in [0.15, 0.2) is 30.3 Å². The fourth-order valence-corrected chi connectivity index (χ4v) is 6.43. The third-order valence-electron chi connectivity index (χ3n) is 8.24. The van der Waals surface area contributed by atoms with Crippen molar-refractivity contribution in [3.63, 3.8) is 0 Å². The number of alkyl halides is 2. The topological polar surface area (TPSA) is 121 Å². The van der Waals surface area contributed by atoms with E-state index in [4.69, 9.17) is 24.2 Å². The zero-order chi connectivity index (χ0) is 33.6. The summed E-state index contributed by atoms with van der Waals surface area (Å²) in [5.74, 6) is 1.45. The number of amides is 1. The van der Waals surface area contributed by atoms with Gasteiger partial charge in [0.25, 0.3) is 6.43 Å². The molecule has 256 valence electrons. The molecule has 14 heteroatoms. The van der Waals surface area contributed by atoms with Crippen LogP contribution in [0.25, 0.3) is 16.9 Å². The van der Waals surface area contributed by atoms with Gasteiger partial charge in [-0.15, -0.1) is 0 Å². The Morgan fingerprint density at radius 1 is 1.09 bits per heavy atom. The maximum Gasteiger partial charge on any atom is 0.408 e. The second-order valence-corrected chi connectivity index (χ2v) is 14.0. The lowest BCUT2D eigenvalue weighted by molar-refractivity contribution is -0.122. The molecular weight excluding hydrogens is 630 g/mol. The molecule has 1 aliphatic heterocycles. The molecule has 1 N–H and O–H groups in total. The molecule has 2 fully saturated rings. The summed E-state index contributed by atoms with van der Waals surface area (Å²) in [5.41, 5.74) is 0.310. The van der Waals surface area contributed by atoms with Gasteiger partial charge in [-0.1, -0.05) is 12.1 Å². The van der Waals surface area contributed by atoms with E-state index >= 15 is 0 Å². The fourth-order valence-electron chi connectivity index (χ4n) is 5.96. The van der Waals surface area contributed by atoms with Crippen LogP contribution in [-0.2, 0) is 14.3 Å². The van der Waals surface area contributed by atoms with Crippen LogP contribution in [-0.4, -0.2) is 87.5 Å². The number of hydrogen-bond donors (Lipinski definition) is 1. The van der Waals surface area contributed by atoms with Gasteiger partial charge in [0, 0.05) is 25.6 Å². The molecule has 5 rings (SSSR count). The third kappa shape index (κ3) is 9.31. The summed E-state index contributed by atoms with van der Waals surface area (Å²) in [6.45, 7) is 7.51. The molecule has 0 bridgehead atoms. The maximum atomic E-state index is 14.2. The zero-order valence-electron chi connectivity index (χ0n) is 27.4. The maximum absolute atomic E-state index is 14.2. The molecular formula is C33H44F2N6O5S. The predicted molar refractivity (Wildman–Crippen MR) is 177 cm³/mol. The largest absolute Gasteiger partial charge is 0.474 e. The monoisotopic (exact) mass is 674 g/mol. The molecule has 2 aliphatic rings. The molecule has 1 aliphatic carbocycles. The van der Waals surface area contributed by atoms with Crippen molar-refractivity contribution in [3.05, 3.63) is 36.2 Å². The van der Waals surface area contributed by atoms with Gasteiger partial charge < -0.3 is 24.4 Å². The highest BCUT2D eigenvalue weighted by molar-refractivity contribution is 7.98. The minimum atomic E-state index is -2.81. The Hall–Kier alpha value is -3.52. The first-order chi connectivity index (χ1) is 22.5. The number of para-hydroxylation sites is 2. The van der Waals surface area contributed by atoms with Gasteiger partial charge in [-0.3, -0.25) is 9.36 Å². The molecule has 2 aromatic heterocycles. The summed E-state index contributed by atoms with van der Waals surface area (Å²) < 4.78 is 47.1. The molecule has 0 unspecified atom stereocenters. The number of Topliss-reactive ketones (excluding diaryl/α,β-unsaturated/α-hetero) is 1. The number of alkyl carbamates (subject to hydrolysis) is 1. The lowest BCUT2D eigenvalue weighted by Gasteiger charge is -2.30. The summed E-state index contributed by atoms with van der Waals surface area (Å²) >= 11 is 1.62. The molecule has 1 saturated heterocycles. The molecule has 1 saturated carbocycles. The second-order valence-electron chi connectivity index (χ2n) is 13.0. The Kier molecular flexibility index (Phi) is 11.5. The number of rotatable bonds is 12. The lowest BCUT2D eigenvalue weighted by Crippen LogP contribution is -2.44. The number of carbonyl (C=O) groups is 2. The number of ether oxygens (including phenoxy) is 3. The summed E-state index contributed by atoms with van der Waals surface area (Å²) in [4.78, 5) is 41.3. The number of aromatic nitrogens is 4. The van der Waals surface area contributed by atoms with Crippen LogP contribution in [0.4, 0.5) is 19.5 Å². The first-order valence-corrected chi connectivity index (χ1v) is 17.6. The van der Waals surface area contributed by atoms with Gasteiger partial charge in [-0.2, -0.15) is 21.7 Å². The number of nitrogens with zero attached hydrogens (tertiary/aromatic N) is 5. The van der Waals surface area contributed by atoms with Crippen LogP contribution in [0.5, 0.6) is 5.88 Å². The van der Waals surface area contributed by atoms with Gasteiger partial charge in [0.05, 0.1) is 30.3 Å². The number of morpholine rings is 1. The van der Waals surface area contributed by atoms with Crippen molar-refractivity contribution < 1.29 is 32.6 Å². The standard InChI is InChI=1S/C33H44F2N6O5S/c1-33(2,3)46-32(43)37-24(13-18-47-4)26(42)19-21-9-11-22(12-10-21)45-28-20-27(38-31(39-28)40-14-16-44-17-15-40)41-25-8-6-5-7-23(25)36-30(41)29(34)35/h5-8,20-22,24,29H,9-19H2,1-4H3,(H,37,43)/t21?,22?,24-/m0/s1. The van der Waals surface area contributed by atoms with E-state index in [1.807, 2.05) is 11.2 Å². The molecule has 3 aromatic rings. The number of halogens is 2. The van der Waals surface area contributed by atoms with E-state index in [1.54, 1.807) is 62.9 Å². The van der Waals surface area contributed by atoms with Crippen LogP contribution in [0.1, 0.15) is 71.5 Å². The lowest BCUT2D eigenvalue weighted by atomic mass is 9.83. The minimum Gasteiger partial charge on any atom is -0.474 e. The van der Waals surface area contributed by atoms with Gasteiger partial charge >= 0.3 is 6.09 Å². The number of thioether (sulfide) groups is 1. The van der Waals surface area contributed by atoms with Crippen molar-refractivity contribution in [1.29, 1.82) is 0 Å². The molecule has 0 radical (unpaired) electrons. The van der Waals surface area contributed by atoms with Crippen LogP contribution in [0, 0.1) is 5.92 Å². The average Bonchev–Trinajstić information content (AvgIpc) is 3.44. The molecule has 1 atom stereocenters. The molecule has 0 spiro atoms. The van der Waals surface area contributed by atoms with E-state index in [-0.39, 0.29) is 23.6 Å². The Balaban J connectivity index is 1.29. The first-order valence-electron chi connectivity index (χ1n) is 16.2. The van der Waals surface area contributed by atoms with Gasteiger partial charge in [-0.05, 0) is 82.9 Å². The first kappa shape index (κ1) is 34.8. The van der Waals surface area contributed by atoms with Crippen molar-refractivity contribution in [2.24, 2.45) is 5.92 Å². The summed E-state index contributed by atoms with van der Waals surface area (Å²) in [7, 11) is 0. The molecule has 1 aromatic carbocycles. The predicted octanol–water partition coefficient (Wildman–Crippen LogP) is 6.13. The fraction of sp³-hybridized carbons (Fsp3) is 0.606. The number of anilines is 1. The normalized spacial score (nSPS) is 19.5. The summed E-state index contributed by atoms with van der Waals surface area (Å²) in [6, 6.07) is 7.97. The SMILES string of the molecule is CSCC[C@H](NC(=O)OC(C)(C)C)C(=O)CC1CCC(Oc2cc(-n3c(C(F)F)nc4ccccc43)nc(N3CCOCC3)n2)CC1. The number of nitrogens with one attached hydrogen (secondary N) is 1. The van der Waals surface area contributed by atoms with Crippen molar-refractivity contribution in [3.8, 4) is 11.7 Å². The number of carbonyl (C=O) groups excluding carboxylic acids is 2. The zero-order valence-corrected chi connectivity index (χ0v) is 28.2. The Bertz CT molecular complexity index is 1520. The van der Waals surface area contributed by atoms with E-state index in [2.05, 4.69) is 10.3 Å². The Morgan fingerprint density at radius 2 is 1.81 bits per heavy atom. The van der Waals surface area contributed by atoms with Crippen molar-refractivity contribution in [2.75, 3.05) is 43.2 Å². The van der Waals surface area contributed by atoms with Gasteiger partial charge in [0.1, 0.15) is 17.5 Å². The smallest absolute Gasteiger partial charge is 0.408 e. The Labute approximate surface area is 278 Å². The van der Waals surface area contributed by atoms with Crippen LogP contribution in [0.3, 0.4) is 0 Å². The summed E-state index contributed by atoms with van der Waals surface area (Å²) in [5, 5.41) is 2.78. The number of benzene rings is 1. The molecule has 11 nitrogen and oxygen atoms in total. The quantitative estimate of drug-likeness (QED) is 0.240. The van der Waals surface area contributed by atoms with Crippen molar-refractivity contribution in [1.82, 2.24) is 24.8 Å². The van der Waals surface area contributed by atoms with Crippen LogP contribution >= 0.6 is 11.8 Å². The molecule has 1 amide bonds. The van der Waals surface area contributed by atoms with Gasteiger partial charge in [0.15, 0.2) is 11.6 Å². The third-order valence-corrected chi connectivity index (χ3v) is 8.89. The summed E-state index contributed by atoms with van der Waals surface area (Å²) in [6.07, 6.45) is 2.26. The van der Waals surface area contributed by atoms with E-state index in [0.717, 1.165) is 18.6 Å². The number of ketones is 1. The van der Waals surface area contributed by atoms with Gasteiger partial charge in [0.2, 0.25) is 11.8 Å². The van der Waals surface area contributed by atoms with E-state index in [1.165, 1.54) is 4.57 Å². The number of fused-ring (bicyclic) bond motifs is 1. The highest BCUT2D eigenvalue weighted by atomic mass is 32.2. The van der Waals surface area contributed by atoms with E-state index < -0.39 is 30.0 Å². The highest BCUT2D eigenvalue weighted by Gasteiger charge is 2.30. The minimum absolute atomic E-state index is 0.00673. The number of imidazole rings is 1. The van der Waals surface area contributed by atoms with Crippen molar-refractivity contribution in [2.45, 2.75) is 83.5 Å². The second kappa shape index (κ2) is 15.6. The number of hydrogen-bond acceptors (Lipinski definition) is 10. The van der Waals surface area contributed by atoms with Crippen molar-refractivity contribution >= 4 is 40.6 Å². The Morgan fingerprint density at radius 3 is 2.49 bits per heavy atom. The van der Waals surface area contributed by atoms with Crippen LogP contribution < -0.4 is 15.0 Å². The molecule has 47 heavy (non-hydrogen) atoms. The van der Waals surface area contributed by atoms with E-state index in [9.17, 15) is 18.4 Å².